The van der Waals surface area contributed by atoms with E-state index in [2.05, 4.69) is 5.32 Å². The number of nitrogens with one attached hydrogen (secondary N) is 1. The fraction of sp³-hybridized carbons (Fsp3) is 0.889. The van der Waals surface area contributed by atoms with E-state index in [1.807, 2.05) is 6.92 Å². The molecular weight excluding hydrogens is 190 g/mol. The summed E-state index contributed by atoms with van der Waals surface area (Å²) in [7, 11) is 1.65. The lowest BCUT2D eigenvalue weighted by Crippen LogP contribution is -2.48. The Morgan fingerprint density at radius 3 is 2.29 bits per heavy atom. The zero-order valence-electron chi connectivity index (χ0n) is 9.05. The van der Waals surface area contributed by atoms with Crippen LogP contribution in [-0.4, -0.2) is 42.9 Å². The molecule has 3 nitrogen and oxygen atoms in total. The largest absolute Gasteiger partial charge is 0.345 e. The van der Waals surface area contributed by atoms with E-state index in [0.29, 0.717) is 6.54 Å². The Balaban J connectivity index is 4.07. The second-order valence-corrected chi connectivity index (χ2v) is 3.36. The number of nitrogens with zero attached hydrogens (tertiary/aromatic N) is 1. The molecule has 0 aliphatic heterocycles. The average Bonchev–Trinajstić information content (AvgIpc) is 2.14. The Morgan fingerprint density at radius 2 is 1.93 bits per heavy atom. The molecule has 0 radical (unpaired) electrons. The van der Waals surface area contributed by atoms with Crippen molar-refractivity contribution >= 4 is 5.91 Å². The molecular formula is C9H18F2N2O. The van der Waals surface area contributed by atoms with Crippen LogP contribution in [0.1, 0.15) is 20.8 Å². The van der Waals surface area contributed by atoms with E-state index >= 15 is 0 Å². The van der Waals surface area contributed by atoms with Gasteiger partial charge in [-0.2, -0.15) is 0 Å². The second-order valence-electron chi connectivity index (χ2n) is 3.36. The number of carbonyl (C=O) groups is 1. The van der Waals surface area contributed by atoms with Crippen LogP contribution in [0.15, 0.2) is 0 Å². The first-order valence-corrected chi connectivity index (χ1v) is 4.69. The smallest absolute Gasteiger partial charge is 0.253 e. The molecule has 5 heteroatoms. The summed E-state index contributed by atoms with van der Waals surface area (Å²) >= 11 is 0. The number of hydrogen-bond acceptors (Lipinski definition) is 2. The first-order chi connectivity index (χ1) is 6.40. The van der Waals surface area contributed by atoms with Crippen LogP contribution in [0.25, 0.3) is 0 Å². The molecule has 0 rings (SSSR count). The van der Waals surface area contributed by atoms with Gasteiger partial charge in [0.2, 0.25) is 5.91 Å². The number of carbonyl (C=O) groups excluding carboxylic acids is 1. The number of hydrogen-bond donors (Lipinski definition) is 1. The van der Waals surface area contributed by atoms with Crippen LogP contribution in [0.3, 0.4) is 0 Å². The maximum absolute atomic E-state index is 12.1. The maximum Gasteiger partial charge on any atom is 0.253 e. The third kappa shape index (κ3) is 4.00. The van der Waals surface area contributed by atoms with Gasteiger partial charge < -0.3 is 4.90 Å². The highest BCUT2D eigenvalue weighted by Gasteiger charge is 2.22. The van der Waals surface area contributed by atoms with E-state index in [4.69, 9.17) is 0 Å². The molecule has 84 valence electrons. The van der Waals surface area contributed by atoms with E-state index < -0.39 is 18.5 Å². The third-order valence-electron chi connectivity index (χ3n) is 2.11. The van der Waals surface area contributed by atoms with E-state index in [-0.39, 0.29) is 5.91 Å². The second kappa shape index (κ2) is 5.90. The van der Waals surface area contributed by atoms with Gasteiger partial charge in [-0.15, -0.1) is 0 Å². The predicted octanol–water partition coefficient (Wildman–Crippen LogP) is 1.10. The van der Waals surface area contributed by atoms with E-state index in [1.54, 1.807) is 14.0 Å². The Labute approximate surface area is 83.5 Å². The van der Waals surface area contributed by atoms with Gasteiger partial charge in [0.15, 0.2) is 0 Å². The maximum atomic E-state index is 12.1. The van der Waals surface area contributed by atoms with Crippen molar-refractivity contribution in [3.8, 4) is 0 Å². The Hall–Kier alpha value is -0.710. The molecule has 0 fully saturated rings. The summed E-state index contributed by atoms with van der Waals surface area (Å²) in [6.45, 7) is 5.36. The molecule has 0 spiro atoms. The lowest BCUT2D eigenvalue weighted by molar-refractivity contribution is -0.131. The number of likely N-dealkylation sites (N-methyl/N-ethyl adjacent to an activating group) is 1. The van der Waals surface area contributed by atoms with Crippen molar-refractivity contribution in [3.63, 3.8) is 0 Å². The summed E-state index contributed by atoms with van der Waals surface area (Å²) in [6, 6.07) is -1.52. The molecule has 0 saturated carbocycles. The van der Waals surface area contributed by atoms with Crippen molar-refractivity contribution < 1.29 is 13.6 Å². The first kappa shape index (κ1) is 13.3. The molecule has 14 heavy (non-hydrogen) atoms. The monoisotopic (exact) mass is 208 g/mol. The van der Waals surface area contributed by atoms with Gasteiger partial charge in [0.05, 0.1) is 12.1 Å². The quantitative estimate of drug-likeness (QED) is 0.733. The van der Waals surface area contributed by atoms with Crippen LogP contribution in [0.2, 0.25) is 0 Å². The van der Waals surface area contributed by atoms with Crippen LogP contribution in [0, 0.1) is 0 Å². The Kier molecular flexibility index (Phi) is 5.60. The number of halogens is 2. The van der Waals surface area contributed by atoms with Crippen molar-refractivity contribution in [2.24, 2.45) is 0 Å². The van der Waals surface area contributed by atoms with Gasteiger partial charge in [-0.3, -0.25) is 10.1 Å². The molecule has 0 heterocycles. The van der Waals surface area contributed by atoms with Crippen molar-refractivity contribution in [1.82, 2.24) is 10.2 Å². The molecule has 2 atom stereocenters. The van der Waals surface area contributed by atoms with Crippen molar-refractivity contribution in [1.29, 1.82) is 0 Å². The molecule has 0 saturated heterocycles. The Bertz CT molecular complexity index is 188. The average molecular weight is 208 g/mol. The normalized spacial score (nSPS) is 15.4. The number of rotatable bonds is 5. The minimum absolute atomic E-state index is 0.167. The van der Waals surface area contributed by atoms with Crippen LogP contribution in [0.4, 0.5) is 8.78 Å². The molecule has 0 bridgehead atoms. The van der Waals surface area contributed by atoms with Gasteiger partial charge >= 0.3 is 0 Å². The summed E-state index contributed by atoms with van der Waals surface area (Å²) < 4.78 is 24.3. The molecule has 0 aromatic rings. The van der Waals surface area contributed by atoms with Gasteiger partial charge in [0.1, 0.15) is 0 Å². The molecule has 2 unspecified atom stereocenters. The fourth-order valence-electron chi connectivity index (χ4n) is 1.02. The van der Waals surface area contributed by atoms with Crippen LogP contribution in [-0.2, 0) is 4.79 Å². The Morgan fingerprint density at radius 1 is 1.43 bits per heavy atom. The van der Waals surface area contributed by atoms with Crippen LogP contribution < -0.4 is 5.32 Å². The standard InChI is InChI=1S/C9H18F2N2O/c1-5-13(4)9(14)7(3)12-6(2)8(10)11/h6-8,12H,5H2,1-4H3. The van der Waals surface area contributed by atoms with Crippen LogP contribution >= 0.6 is 0 Å². The third-order valence-corrected chi connectivity index (χ3v) is 2.11. The zero-order chi connectivity index (χ0) is 11.3. The number of alkyl halides is 2. The van der Waals surface area contributed by atoms with Gasteiger partial charge in [-0.05, 0) is 20.8 Å². The molecule has 0 aromatic heterocycles. The van der Waals surface area contributed by atoms with Crippen molar-refractivity contribution in [3.05, 3.63) is 0 Å². The topological polar surface area (TPSA) is 32.3 Å². The van der Waals surface area contributed by atoms with E-state index in [9.17, 15) is 13.6 Å². The van der Waals surface area contributed by atoms with Crippen LogP contribution in [0.5, 0.6) is 0 Å². The van der Waals surface area contributed by atoms with Gasteiger partial charge in [-0.25, -0.2) is 8.78 Å². The lowest BCUT2D eigenvalue weighted by atomic mass is 10.2. The lowest BCUT2D eigenvalue weighted by Gasteiger charge is -2.23. The summed E-state index contributed by atoms with van der Waals surface area (Å²) in [4.78, 5) is 12.9. The number of amides is 1. The minimum Gasteiger partial charge on any atom is -0.345 e. The first-order valence-electron chi connectivity index (χ1n) is 4.69. The molecule has 1 amide bonds. The van der Waals surface area contributed by atoms with E-state index in [0.717, 1.165) is 0 Å². The zero-order valence-corrected chi connectivity index (χ0v) is 9.05. The minimum atomic E-state index is -2.45. The fourth-order valence-corrected chi connectivity index (χ4v) is 1.02. The molecule has 1 N–H and O–H groups in total. The molecule has 0 aliphatic rings. The van der Waals surface area contributed by atoms with Gasteiger partial charge in [0.25, 0.3) is 6.43 Å². The van der Waals surface area contributed by atoms with Crippen molar-refractivity contribution in [2.45, 2.75) is 39.3 Å². The predicted molar refractivity (Wildman–Crippen MR) is 51.4 cm³/mol. The van der Waals surface area contributed by atoms with Gasteiger partial charge in [0, 0.05) is 13.6 Å². The molecule has 0 aromatic carbocycles. The van der Waals surface area contributed by atoms with E-state index in [1.165, 1.54) is 11.8 Å². The summed E-state index contributed by atoms with van der Waals surface area (Å²) in [5, 5.41) is 2.55. The van der Waals surface area contributed by atoms with Gasteiger partial charge in [-0.1, -0.05) is 0 Å². The van der Waals surface area contributed by atoms with Crippen molar-refractivity contribution in [2.75, 3.05) is 13.6 Å². The summed E-state index contributed by atoms with van der Waals surface area (Å²) in [6.07, 6.45) is -2.45. The summed E-state index contributed by atoms with van der Waals surface area (Å²) in [5.74, 6) is -0.167. The summed E-state index contributed by atoms with van der Waals surface area (Å²) in [5.41, 5.74) is 0. The highest BCUT2D eigenvalue weighted by atomic mass is 19.3. The highest BCUT2D eigenvalue weighted by molar-refractivity contribution is 5.81. The highest BCUT2D eigenvalue weighted by Crippen LogP contribution is 2.02. The SMILES string of the molecule is CCN(C)C(=O)C(C)NC(C)C(F)F. The molecule has 0 aliphatic carbocycles.